The van der Waals surface area contributed by atoms with Crippen LogP contribution in [0.25, 0.3) is 11.1 Å². The van der Waals surface area contributed by atoms with Gasteiger partial charge >= 0.3 is 12.1 Å². The number of halogens is 3. The van der Waals surface area contributed by atoms with E-state index in [1.807, 2.05) is 0 Å². The van der Waals surface area contributed by atoms with Gasteiger partial charge in [0, 0.05) is 5.56 Å². The fourth-order valence-corrected chi connectivity index (χ4v) is 2.13. The van der Waals surface area contributed by atoms with Gasteiger partial charge in [-0.1, -0.05) is 42.5 Å². The Morgan fingerprint density at radius 1 is 0.955 bits per heavy atom. The summed E-state index contributed by atoms with van der Waals surface area (Å²) in [5.41, 5.74) is -3.62. The van der Waals surface area contributed by atoms with E-state index in [9.17, 15) is 23.1 Å². The molecule has 2 aromatic rings. The van der Waals surface area contributed by atoms with Crippen molar-refractivity contribution in [1.29, 1.82) is 0 Å². The average molecular weight is 310 g/mol. The molecule has 1 atom stereocenters. The SMILES string of the molecule is CC(O)(C(=O)O)c1ccc(-c2ccccc2)cc1C(F)(F)F. The Morgan fingerprint density at radius 2 is 1.55 bits per heavy atom. The number of carbonyl (C=O) groups is 1. The van der Waals surface area contributed by atoms with Crippen LogP contribution in [0.5, 0.6) is 0 Å². The normalized spacial score (nSPS) is 14.4. The van der Waals surface area contributed by atoms with Crippen LogP contribution in [0.4, 0.5) is 13.2 Å². The molecule has 0 fully saturated rings. The van der Waals surface area contributed by atoms with Gasteiger partial charge in [0.15, 0.2) is 5.60 Å². The molecule has 2 aromatic carbocycles. The Labute approximate surface area is 124 Å². The average Bonchev–Trinajstić information content (AvgIpc) is 2.46. The van der Waals surface area contributed by atoms with Crippen molar-refractivity contribution in [2.45, 2.75) is 18.7 Å². The van der Waals surface area contributed by atoms with E-state index in [0.29, 0.717) is 5.56 Å². The number of benzene rings is 2. The van der Waals surface area contributed by atoms with E-state index < -0.39 is 28.9 Å². The van der Waals surface area contributed by atoms with Crippen LogP contribution in [0.1, 0.15) is 18.1 Å². The van der Waals surface area contributed by atoms with E-state index in [4.69, 9.17) is 5.11 Å². The van der Waals surface area contributed by atoms with Crippen LogP contribution in [0, 0.1) is 0 Å². The summed E-state index contributed by atoms with van der Waals surface area (Å²) in [6.45, 7) is 0.822. The molecule has 0 aliphatic heterocycles. The highest BCUT2D eigenvalue weighted by Gasteiger charge is 2.42. The summed E-state index contributed by atoms with van der Waals surface area (Å²) in [5.74, 6) is -1.74. The van der Waals surface area contributed by atoms with Crippen molar-refractivity contribution >= 4 is 5.97 Å². The lowest BCUT2D eigenvalue weighted by Crippen LogP contribution is -2.34. The molecule has 0 saturated heterocycles. The van der Waals surface area contributed by atoms with Crippen LogP contribution in [0.2, 0.25) is 0 Å². The van der Waals surface area contributed by atoms with Gasteiger partial charge in [-0.3, -0.25) is 0 Å². The number of hydrogen-bond donors (Lipinski definition) is 2. The van der Waals surface area contributed by atoms with Crippen molar-refractivity contribution in [2.75, 3.05) is 0 Å². The number of aliphatic hydroxyl groups is 1. The Balaban J connectivity index is 2.66. The molecule has 0 bridgehead atoms. The highest BCUT2D eigenvalue weighted by atomic mass is 19.4. The molecule has 2 rings (SSSR count). The molecule has 0 aliphatic rings. The van der Waals surface area contributed by atoms with Crippen LogP contribution >= 0.6 is 0 Å². The Kier molecular flexibility index (Phi) is 3.98. The van der Waals surface area contributed by atoms with Crippen molar-refractivity contribution in [2.24, 2.45) is 0 Å². The van der Waals surface area contributed by atoms with Gasteiger partial charge in [-0.25, -0.2) is 4.79 Å². The monoisotopic (exact) mass is 310 g/mol. The molecule has 2 N–H and O–H groups in total. The van der Waals surface area contributed by atoms with Crippen molar-refractivity contribution in [3.05, 3.63) is 59.7 Å². The lowest BCUT2D eigenvalue weighted by atomic mass is 9.88. The first kappa shape index (κ1) is 16.0. The maximum absolute atomic E-state index is 13.2. The summed E-state index contributed by atoms with van der Waals surface area (Å²) >= 11 is 0. The fraction of sp³-hybridized carbons (Fsp3) is 0.188. The minimum absolute atomic E-state index is 0.290. The highest BCUT2D eigenvalue weighted by molar-refractivity contribution is 5.80. The summed E-state index contributed by atoms with van der Waals surface area (Å²) in [6, 6.07) is 11.6. The van der Waals surface area contributed by atoms with Gasteiger partial charge < -0.3 is 10.2 Å². The molecule has 116 valence electrons. The number of hydrogen-bond acceptors (Lipinski definition) is 2. The molecule has 6 heteroatoms. The number of rotatable bonds is 3. The largest absolute Gasteiger partial charge is 0.479 e. The summed E-state index contributed by atoms with van der Waals surface area (Å²) < 4.78 is 39.7. The second-order valence-corrected chi connectivity index (χ2v) is 5.00. The molecular weight excluding hydrogens is 297 g/mol. The summed E-state index contributed by atoms with van der Waals surface area (Å²) in [5, 5.41) is 18.8. The summed E-state index contributed by atoms with van der Waals surface area (Å²) in [4.78, 5) is 11.0. The van der Waals surface area contributed by atoms with Crippen LogP contribution in [0.15, 0.2) is 48.5 Å². The van der Waals surface area contributed by atoms with E-state index in [-0.39, 0.29) is 5.56 Å². The van der Waals surface area contributed by atoms with Crippen molar-refractivity contribution in [3.63, 3.8) is 0 Å². The van der Waals surface area contributed by atoms with Gasteiger partial charge in [0.25, 0.3) is 0 Å². The van der Waals surface area contributed by atoms with Gasteiger partial charge in [0.2, 0.25) is 0 Å². The predicted molar refractivity (Wildman–Crippen MR) is 74.1 cm³/mol. The summed E-state index contributed by atoms with van der Waals surface area (Å²) in [6.07, 6.45) is -4.78. The van der Waals surface area contributed by atoms with Crippen LogP contribution in [0.3, 0.4) is 0 Å². The predicted octanol–water partition coefficient (Wildman–Crippen LogP) is 3.66. The van der Waals surface area contributed by atoms with Gasteiger partial charge in [-0.15, -0.1) is 0 Å². The van der Waals surface area contributed by atoms with Crippen LogP contribution in [-0.2, 0) is 16.6 Å². The topological polar surface area (TPSA) is 57.5 Å². The third-order valence-corrected chi connectivity index (χ3v) is 3.37. The molecular formula is C16H13F3O3. The van der Waals surface area contributed by atoms with E-state index in [0.717, 1.165) is 19.1 Å². The quantitative estimate of drug-likeness (QED) is 0.909. The highest BCUT2D eigenvalue weighted by Crippen LogP contribution is 2.39. The van der Waals surface area contributed by atoms with Crippen molar-refractivity contribution < 1.29 is 28.2 Å². The number of alkyl halides is 3. The Bertz CT molecular complexity index is 692. The van der Waals surface area contributed by atoms with Crippen LogP contribution in [-0.4, -0.2) is 16.2 Å². The number of carboxylic acids is 1. The molecule has 0 aliphatic carbocycles. The minimum Gasteiger partial charge on any atom is -0.479 e. The van der Waals surface area contributed by atoms with Gasteiger partial charge in [0.05, 0.1) is 5.56 Å². The van der Waals surface area contributed by atoms with Gasteiger partial charge in [-0.2, -0.15) is 13.2 Å². The fourth-order valence-electron chi connectivity index (χ4n) is 2.13. The van der Waals surface area contributed by atoms with E-state index >= 15 is 0 Å². The maximum atomic E-state index is 13.2. The zero-order valence-corrected chi connectivity index (χ0v) is 11.6. The molecule has 1 unspecified atom stereocenters. The first-order valence-electron chi connectivity index (χ1n) is 6.37. The lowest BCUT2D eigenvalue weighted by Gasteiger charge is -2.23. The number of aliphatic carboxylic acids is 1. The third kappa shape index (κ3) is 2.96. The molecule has 3 nitrogen and oxygen atoms in total. The molecule has 22 heavy (non-hydrogen) atoms. The molecule has 0 heterocycles. The van der Waals surface area contributed by atoms with E-state index in [2.05, 4.69) is 0 Å². The minimum atomic E-state index is -4.78. The molecule has 0 spiro atoms. The maximum Gasteiger partial charge on any atom is 0.416 e. The molecule has 0 amide bonds. The van der Waals surface area contributed by atoms with Gasteiger partial charge in [0.1, 0.15) is 0 Å². The second-order valence-electron chi connectivity index (χ2n) is 5.00. The van der Waals surface area contributed by atoms with E-state index in [1.165, 1.54) is 6.07 Å². The summed E-state index contributed by atoms with van der Waals surface area (Å²) in [7, 11) is 0. The second kappa shape index (κ2) is 5.46. The third-order valence-electron chi connectivity index (χ3n) is 3.37. The first-order chi connectivity index (χ1) is 10.1. The Hall–Kier alpha value is -2.34. The standard InChI is InChI=1S/C16H13F3O3/c1-15(22,14(20)21)12-8-7-11(9-13(12)16(17,18)19)10-5-3-2-4-6-10/h2-9,22H,1H3,(H,20,21). The van der Waals surface area contributed by atoms with Crippen molar-refractivity contribution in [1.82, 2.24) is 0 Å². The zero-order chi connectivity index (χ0) is 16.5. The Morgan fingerprint density at radius 3 is 2.05 bits per heavy atom. The molecule has 0 radical (unpaired) electrons. The number of carboxylic acid groups (broad SMARTS) is 1. The molecule has 0 saturated carbocycles. The van der Waals surface area contributed by atoms with Gasteiger partial charge in [-0.05, 0) is 24.1 Å². The zero-order valence-electron chi connectivity index (χ0n) is 11.6. The van der Waals surface area contributed by atoms with E-state index in [1.54, 1.807) is 30.3 Å². The van der Waals surface area contributed by atoms with Crippen LogP contribution < -0.4 is 0 Å². The van der Waals surface area contributed by atoms with Crippen molar-refractivity contribution in [3.8, 4) is 11.1 Å². The molecule has 0 aromatic heterocycles. The smallest absolute Gasteiger partial charge is 0.416 e. The first-order valence-corrected chi connectivity index (χ1v) is 6.37. The lowest BCUT2D eigenvalue weighted by molar-refractivity contribution is -0.160.